The summed E-state index contributed by atoms with van der Waals surface area (Å²) in [6.07, 6.45) is 0.831. The Hall–Kier alpha value is -0.980. The van der Waals surface area contributed by atoms with E-state index >= 15 is 0 Å². The van der Waals surface area contributed by atoms with Crippen molar-refractivity contribution in [2.24, 2.45) is 0 Å². The lowest BCUT2D eigenvalue weighted by Gasteiger charge is -2.24. The Kier molecular flexibility index (Phi) is 5.25. The molecule has 0 bridgehead atoms. The lowest BCUT2D eigenvalue weighted by atomic mass is 9.98. The van der Waals surface area contributed by atoms with Gasteiger partial charge >= 0.3 is 0 Å². The van der Waals surface area contributed by atoms with Gasteiger partial charge in [0.15, 0.2) is 0 Å². The standard InChI is InChI=1S/C15H22N2S/c1-11-6-7-12(2)14(8-11)18-13(3)9-15(4,10-16)17-5/h6-8,13,17H,9H2,1-5H3. The van der Waals surface area contributed by atoms with E-state index in [4.69, 9.17) is 0 Å². The molecule has 0 radical (unpaired) electrons. The van der Waals surface area contributed by atoms with E-state index in [0.717, 1.165) is 6.42 Å². The second kappa shape index (κ2) is 6.26. The van der Waals surface area contributed by atoms with Crippen molar-refractivity contribution in [3.05, 3.63) is 29.3 Å². The summed E-state index contributed by atoms with van der Waals surface area (Å²) in [4.78, 5) is 1.32. The highest BCUT2D eigenvalue weighted by atomic mass is 32.2. The van der Waals surface area contributed by atoms with Gasteiger partial charge in [0.05, 0.1) is 6.07 Å². The molecule has 0 saturated carbocycles. The number of hydrogen-bond donors (Lipinski definition) is 1. The minimum absolute atomic E-state index is 0.405. The first-order valence-corrected chi connectivity index (χ1v) is 7.12. The molecule has 0 aliphatic heterocycles. The highest BCUT2D eigenvalue weighted by Crippen LogP contribution is 2.31. The zero-order valence-corrected chi connectivity index (χ0v) is 12.7. The number of nitriles is 1. The van der Waals surface area contributed by atoms with Crippen LogP contribution in [0.25, 0.3) is 0 Å². The molecule has 0 aliphatic carbocycles. The van der Waals surface area contributed by atoms with Crippen molar-refractivity contribution in [1.82, 2.24) is 5.32 Å². The van der Waals surface area contributed by atoms with Gasteiger partial charge in [-0.1, -0.05) is 24.6 Å². The molecule has 0 aliphatic rings. The predicted molar refractivity (Wildman–Crippen MR) is 78.9 cm³/mol. The van der Waals surface area contributed by atoms with Crippen LogP contribution in [0, 0.1) is 25.2 Å². The fourth-order valence-corrected chi connectivity index (χ4v) is 3.23. The van der Waals surface area contributed by atoms with E-state index in [1.807, 2.05) is 25.7 Å². The average molecular weight is 262 g/mol. The molecule has 0 amide bonds. The molecule has 3 heteroatoms. The van der Waals surface area contributed by atoms with Gasteiger partial charge in [-0.25, -0.2) is 0 Å². The monoisotopic (exact) mass is 262 g/mol. The van der Waals surface area contributed by atoms with Gasteiger partial charge in [0, 0.05) is 10.1 Å². The van der Waals surface area contributed by atoms with Crippen LogP contribution in [0.2, 0.25) is 0 Å². The van der Waals surface area contributed by atoms with Gasteiger partial charge in [-0.05, 0) is 45.9 Å². The van der Waals surface area contributed by atoms with E-state index in [0.29, 0.717) is 5.25 Å². The molecule has 0 saturated heterocycles. The van der Waals surface area contributed by atoms with E-state index < -0.39 is 5.54 Å². The maximum Gasteiger partial charge on any atom is 0.104 e. The molecule has 0 aromatic heterocycles. The van der Waals surface area contributed by atoms with Crippen LogP contribution in [0.4, 0.5) is 0 Å². The molecule has 98 valence electrons. The lowest BCUT2D eigenvalue weighted by molar-refractivity contribution is 0.455. The smallest absolute Gasteiger partial charge is 0.104 e. The van der Waals surface area contributed by atoms with Gasteiger partial charge in [-0.2, -0.15) is 5.26 Å². The number of aryl methyl sites for hydroxylation is 2. The third-order valence-corrected chi connectivity index (χ3v) is 4.43. The fourth-order valence-electron chi connectivity index (χ4n) is 1.87. The Morgan fingerprint density at radius 3 is 2.67 bits per heavy atom. The van der Waals surface area contributed by atoms with Gasteiger partial charge in [0.25, 0.3) is 0 Å². The molecular formula is C15H22N2S. The fraction of sp³-hybridized carbons (Fsp3) is 0.533. The Balaban J connectivity index is 2.73. The lowest BCUT2D eigenvalue weighted by Crippen LogP contribution is -2.40. The molecule has 2 atom stereocenters. The summed E-state index contributed by atoms with van der Waals surface area (Å²) in [5.74, 6) is 0. The van der Waals surface area contributed by atoms with Crippen LogP contribution in [-0.2, 0) is 0 Å². The Morgan fingerprint density at radius 2 is 2.11 bits per heavy atom. The third-order valence-electron chi connectivity index (χ3n) is 3.17. The summed E-state index contributed by atoms with van der Waals surface area (Å²) >= 11 is 1.85. The van der Waals surface area contributed by atoms with Crippen LogP contribution < -0.4 is 5.32 Å². The van der Waals surface area contributed by atoms with Crippen molar-refractivity contribution < 1.29 is 0 Å². The molecule has 1 aromatic carbocycles. The van der Waals surface area contributed by atoms with Gasteiger partial charge in [-0.15, -0.1) is 11.8 Å². The van der Waals surface area contributed by atoms with Crippen molar-refractivity contribution in [3.63, 3.8) is 0 Å². The van der Waals surface area contributed by atoms with Crippen molar-refractivity contribution in [3.8, 4) is 6.07 Å². The summed E-state index contributed by atoms with van der Waals surface area (Å²) in [6, 6.07) is 8.86. The second-order valence-corrected chi connectivity index (χ2v) is 6.58. The Bertz CT molecular complexity index is 450. The molecule has 1 aromatic rings. The SMILES string of the molecule is CNC(C)(C#N)CC(C)Sc1cc(C)ccc1C. The maximum absolute atomic E-state index is 9.18. The predicted octanol–water partition coefficient (Wildman–Crippen LogP) is 3.68. The molecule has 0 spiro atoms. The minimum atomic E-state index is -0.440. The van der Waals surface area contributed by atoms with Gasteiger partial charge in [0.2, 0.25) is 0 Å². The topological polar surface area (TPSA) is 35.8 Å². The zero-order chi connectivity index (χ0) is 13.8. The molecule has 2 unspecified atom stereocenters. The van der Waals surface area contributed by atoms with Crippen molar-refractivity contribution in [1.29, 1.82) is 5.26 Å². The highest BCUT2D eigenvalue weighted by molar-refractivity contribution is 8.00. The average Bonchev–Trinajstić information content (AvgIpc) is 2.33. The molecular weight excluding hydrogens is 240 g/mol. The number of hydrogen-bond acceptors (Lipinski definition) is 3. The van der Waals surface area contributed by atoms with Gasteiger partial charge in [-0.3, -0.25) is 0 Å². The van der Waals surface area contributed by atoms with Crippen LogP contribution in [0.3, 0.4) is 0 Å². The number of benzene rings is 1. The van der Waals surface area contributed by atoms with Gasteiger partial charge in [0.1, 0.15) is 5.54 Å². The number of nitrogens with one attached hydrogen (secondary N) is 1. The van der Waals surface area contributed by atoms with Crippen molar-refractivity contribution in [2.45, 2.75) is 49.8 Å². The number of rotatable bonds is 5. The van der Waals surface area contributed by atoms with Crippen molar-refractivity contribution >= 4 is 11.8 Å². The highest BCUT2D eigenvalue weighted by Gasteiger charge is 2.24. The summed E-state index contributed by atoms with van der Waals surface area (Å²) in [7, 11) is 1.85. The van der Waals surface area contributed by atoms with Crippen LogP contribution in [0.15, 0.2) is 23.1 Å². The summed E-state index contributed by atoms with van der Waals surface area (Å²) in [6.45, 7) is 8.38. The molecule has 1 rings (SSSR count). The van der Waals surface area contributed by atoms with E-state index in [9.17, 15) is 5.26 Å². The Morgan fingerprint density at radius 1 is 1.44 bits per heavy atom. The Labute approximate surface area is 115 Å². The van der Waals surface area contributed by atoms with Crippen LogP contribution in [0.1, 0.15) is 31.4 Å². The molecule has 0 heterocycles. The zero-order valence-electron chi connectivity index (χ0n) is 11.9. The number of thioether (sulfide) groups is 1. The largest absolute Gasteiger partial charge is 0.303 e. The van der Waals surface area contributed by atoms with Gasteiger partial charge < -0.3 is 5.32 Å². The third kappa shape index (κ3) is 4.04. The van der Waals surface area contributed by atoms with E-state index in [1.165, 1.54) is 16.0 Å². The normalized spacial score (nSPS) is 15.8. The van der Waals surface area contributed by atoms with E-state index in [2.05, 4.69) is 50.4 Å². The summed E-state index contributed by atoms with van der Waals surface area (Å²) in [5.41, 5.74) is 2.15. The number of nitrogens with zero attached hydrogens (tertiary/aromatic N) is 1. The second-order valence-electron chi connectivity index (χ2n) is 5.10. The van der Waals surface area contributed by atoms with E-state index in [1.54, 1.807) is 0 Å². The molecule has 1 N–H and O–H groups in total. The van der Waals surface area contributed by atoms with Crippen molar-refractivity contribution in [2.75, 3.05) is 7.05 Å². The molecule has 2 nitrogen and oxygen atoms in total. The van der Waals surface area contributed by atoms with Crippen LogP contribution in [0.5, 0.6) is 0 Å². The first kappa shape index (κ1) is 15.1. The van der Waals surface area contributed by atoms with Crippen LogP contribution in [-0.4, -0.2) is 17.8 Å². The summed E-state index contributed by atoms with van der Waals surface area (Å²) < 4.78 is 0. The maximum atomic E-state index is 9.18. The first-order valence-electron chi connectivity index (χ1n) is 6.24. The van der Waals surface area contributed by atoms with Crippen LogP contribution >= 0.6 is 11.8 Å². The summed E-state index contributed by atoms with van der Waals surface area (Å²) in [5, 5.41) is 12.7. The first-order chi connectivity index (χ1) is 8.40. The molecule has 18 heavy (non-hydrogen) atoms. The quantitative estimate of drug-likeness (QED) is 0.822. The minimum Gasteiger partial charge on any atom is -0.303 e. The molecule has 0 fully saturated rings. The van der Waals surface area contributed by atoms with E-state index in [-0.39, 0.29) is 0 Å².